The molecule has 1 N–H and O–H groups in total. The lowest BCUT2D eigenvalue weighted by Gasteiger charge is -2.26. The van der Waals surface area contributed by atoms with Crippen LogP contribution in [0.25, 0.3) is 0 Å². The Hall–Kier alpha value is -1.69. The summed E-state index contributed by atoms with van der Waals surface area (Å²) in [5.74, 6) is 0.428. The summed E-state index contributed by atoms with van der Waals surface area (Å²) in [5, 5.41) is 2.75. The van der Waals surface area contributed by atoms with Crippen molar-refractivity contribution >= 4 is 23.8 Å². The van der Waals surface area contributed by atoms with E-state index >= 15 is 0 Å². The molecule has 0 aliphatic rings. The van der Waals surface area contributed by atoms with Crippen molar-refractivity contribution in [3.8, 4) is 0 Å². The molecule has 0 unspecified atom stereocenters. The van der Waals surface area contributed by atoms with Crippen molar-refractivity contribution in [3.63, 3.8) is 0 Å². The first kappa shape index (κ1) is 21.4. The number of hydrogen-bond donors (Lipinski definition) is 1. The van der Waals surface area contributed by atoms with Crippen LogP contribution in [0.1, 0.15) is 33.3 Å². The van der Waals surface area contributed by atoms with Crippen molar-refractivity contribution in [1.29, 1.82) is 0 Å². The van der Waals surface area contributed by atoms with E-state index in [1.807, 2.05) is 57.4 Å². The number of nitrogens with one attached hydrogen (secondary N) is 1. The minimum atomic E-state index is -0.680. The molecule has 1 aromatic carbocycles. The summed E-state index contributed by atoms with van der Waals surface area (Å²) >= 11 is 1.69. The van der Waals surface area contributed by atoms with Gasteiger partial charge in [0, 0.05) is 18.8 Å². The van der Waals surface area contributed by atoms with Gasteiger partial charge in [0.15, 0.2) is 0 Å². The van der Waals surface area contributed by atoms with Crippen LogP contribution in [-0.2, 0) is 16.0 Å². The summed E-state index contributed by atoms with van der Waals surface area (Å²) in [6, 6.07) is 9.15. The first-order chi connectivity index (χ1) is 11.7. The lowest BCUT2D eigenvalue weighted by atomic mass is 10.1. The predicted molar refractivity (Wildman–Crippen MR) is 104 cm³/mol. The van der Waals surface area contributed by atoms with E-state index in [0.29, 0.717) is 13.1 Å². The van der Waals surface area contributed by atoms with Gasteiger partial charge in [-0.05, 0) is 45.9 Å². The summed E-state index contributed by atoms with van der Waals surface area (Å²) in [7, 11) is 0. The summed E-state index contributed by atoms with van der Waals surface area (Å²) in [4.78, 5) is 26.4. The third-order valence-corrected chi connectivity index (χ3v) is 4.06. The fourth-order valence-electron chi connectivity index (χ4n) is 2.15. The average molecular weight is 367 g/mol. The smallest absolute Gasteiger partial charge is 0.328 e. The number of nitrogens with zero attached hydrogens (tertiary/aromatic N) is 1. The molecule has 0 spiro atoms. The Morgan fingerprint density at radius 3 is 2.40 bits per heavy atom. The molecule has 25 heavy (non-hydrogen) atoms. The summed E-state index contributed by atoms with van der Waals surface area (Å²) in [5.41, 5.74) is 0.617. The van der Waals surface area contributed by atoms with Crippen molar-refractivity contribution in [2.75, 3.05) is 25.1 Å². The maximum atomic E-state index is 12.5. The van der Waals surface area contributed by atoms with E-state index in [1.165, 1.54) is 5.56 Å². The number of rotatable bonds is 8. The van der Waals surface area contributed by atoms with E-state index in [-0.39, 0.29) is 6.03 Å². The summed E-state index contributed by atoms with van der Waals surface area (Å²) in [6.45, 7) is 8.33. The minimum absolute atomic E-state index is 0.233. The molecule has 0 fully saturated rings. The second-order valence-electron chi connectivity index (χ2n) is 6.92. The Labute approximate surface area is 155 Å². The Morgan fingerprint density at radius 2 is 1.84 bits per heavy atom. The van der Waals surface area contributed by atoms with Crippen molar-refractivity contribution < 1.29 is 14.3 Å². The van der Waals surface area contributed by atoms with Crippen molar-refractivity contribution in [1.82, 2.24) is 10.2 Å². The van der Waals surface area contributed by atoms with Crippen LogP contribution < -0.4 is 5.32 Å². The number of carbonyl (C=O) groups excluding carboxylic acids is 2. The fourth-order valence-corrected chi connectivity index (χ4v) is 2.55. The van der Waals surface area contributed by atoms with Gasteiger partial charge in [0.25, 0.3) is 0 Å². The Bertz CT molecular complexity index is 543. The highest BCUT2D eigenvalue weighted by Crippen LogP contribution is 2.09. The van der Waals surface area contributed by atoms with Crippen LogP contribution in [0.3, 0.4) is 0 Å². The maximum absolute atomic E-state index is 12.5. The highest BCUT2D eigenvalue weighted by Gasteiger charge is 2.24. The van der Waals surface area contributed by atoms with Crippen LogP contribution in [0.2, 0.25) is 0 Å². The van der Waals surface area contributed by atoms with Crippen LogP contribution in [-0.4, -0.2) is 53.6 Å². The SMILES string of the molecule is CSCCN(CCc1ccccc1)C(=O)N[C@@H](C)C(=O)OC(C)(C)C. The molecule has 0 bridgehead atoms. The van der Waals surface area contributed by atoms with Gasteiger partial charge in [-0.1, -0.05) is 30.3 Å². The van der Waals surface area contributed by atoms with Crippen molar-refractivity contribution in [2.45, 2.75) is 45.8 Å². The molecule has 0 aromatic heterocycles. The van der Waals surface area contributed by atoms with Gasteiger partial charge in [-0.3, -0.25) is 0 Å². The molecule has 5 nitrogen and oxygen atoms in total. The highest BCUT2D eigenvalue weighted by molar-refractivity contribution is 7.98. The molecule has 0 radical (unpaired) electrons. The first-order valence-corrected chi connectivity index (χ1v) is 9.93. The number of carbonyl (C=O) groups is 2. The molecule has 1 rings (SSSR count). The quantitative estimate of drug-likeness (QED) is 0.717. The molecule has 0 aliphatic heterocycles. The van der Waals surface area contributed by atoms with E-state index in [2.05, 4.69) is 5.32 Å². The number of ether oxygens (including phenoxy) is 1. The zero-order valence-corrected chi connectivity index (χ0v) is 16.7. The minimum Gasteiger partial charge on any atom is -0.458 e. The summed E-state index contributed by atoms with van der Waals surface area (Å²) < 4.78 is 5.31. The molecule has 1 atom stereocenters. The molecular weight excluding hydrogens is 336 g/mol. The predicted octanol–water partition coefficient (Wildman–Crippen LogP) is 3.33. The third-order valence-electron chi connectivity index (χ3n) is 3.47. The number of hydrogen-bond acceptors (Lipinski definition) is 4. The standard InChI is InChI=1S/C19H30N2O3S/c1-15(17(22)24-19(2,3)4)20-18(23)21(13-14-25-5)12-11-16-9-7-6-8-10-16/h6-10,15H,11-14H2,1-5H3,(H,20,23)/t15-/m0/s1. The first-order valence-electron chi connectivity index (χ1n) is 8.54. The monoisotopic (exact) mass is 366 g/mol. The molecule has 0 aliphatic carbocycles. The molecule has 140 valence electrons. The van der Waals surface area contributed by atoms with E-state index in [9.17, 15) is 9.59 Å². The Morgan fingerprint density at radius 1 is 1.20 bits per heavy atom. The van der Waals surface area contributed by atoms with E-state index in [1.54, 1.807) is 23.6 Å². The van der Waals surface area contributed by atoms with E-state index < -0.39 is 17.6 Å². The van der Waals surface area contributed by atoms with Gasteiger partial charge in [-0.2, -0.15) is 11.8 Å². The average Bonchev–Trinajstić information content (AvgIpc) is 2.54. The largest absolute Gasteiger partial charge is 0.458 e. The molecule has 1 aromatic rings. The zero-order chi connectivity index (χ0) is 18.9. The van der Waals surface area contributed by atoms with Gasteiger partial charge < -0.3 is 15.0 Å². The number of urea groups is 1. The number of esters is 1. The van der Waals surface area contributed by atoms with Gasteiger partial charge in [-0.15, -0.1) is 0 Å². The number of amides is 2. The normalized spacial score (nSPS) is 12.4. The molecular formula is C19H30N2O3S. The number of thioether (sulfide) groups is 1. The van der Waals surface area contributed by atoms with E-state index in [0.717, 1.165) is 12.2 Å². The van der Waals surface area contributed by atoms with E-state index in [4.69, 9.17) is 4.74 Å². The van der Waals surface area contributed by atoms with Gasteiger partial charge >= 0.3 is 12.0 Å². The fraction of sp³-hybridized carbons (Fsp3) is 0.579. The van der Waals surface area contributed by atoms with Crippen LogP contribution in [0, 0.1) is 0 Å². The molecule has 0 heterocycles. The van der Waals surface area contributed by atoms with Crippen LogP contribution in [0.4, 0.5) is 4.79 Å². The summed E-state index contributed by atoms with van der Waals surface area (Å²) in [6.07, 6.45) is 2.79. The van der Waals surface area contributed by atoms with Crippen LogP contribution in [0.15, 0.2) is 30.3 Å². The maximum Gasteiger partial charge on any atom is 0.328 e. The van der Waals surface area contributed by atoms with Gasteiger partial charge in [0.05, 0.1) is 0 Å². The zero-order valence-electron chi connectivity index (χ0n) is 15.9. The highest BCUT2D eigenvalue weighted by atomic mass is 32.2. The van der Waals surface area contributed by atoms with Gasteiger partial charge in [-0.25, -0.2) is 9.59 Å². The van der Waals surface area contributed by atoms with Crippen LogP contribution in [0.5, 0.6) is 0 Å². The van der Waals surface area contributed by atoms with Gasteiger partial charge in [0.1, 0.15) is 11.6 Å². The Kier molecular flexibility index (Phi) is 8.83. The van der Waals surface area contributed by atoms with Crippen LogP contribution >= 0.6 is 11.8 Å². The lowest BCUT2D eigenvalue weighted by Crippen LogP contribution is -2.49. The third kappa shape index (κ3) is 8.82. The molecule has 0 saturated carbocycles. The van der Waals surface area contributed by atoms with Gasteiger partial charge in [0.2, 0.25) is 0 Å². The topological polar surface area (TPSA) is 58.6 Å². The lowest BCUT2D eigenvalue weighted by molar-refractivity contribution is -0.156. The van der Waals surface area contributed by atoms with Crippen molar-refractivity contribution in [2.24, 2.45) is 0 Å². The molecule has 6 heteroatoms. The molecule has 2 amide bonds. The number of benzene rings is 1. The van der Waals surface area contributed by atoms with Crippen molar-refractivity contribution in [3.05, 3.63) is 35.9 Å². The Balaban J connectivity index is 2.61. The second kappa shape index (κ2) is 10.3. The molecule has 0 saturated heterocycles. The second-order valence-corrected chi connectivity index (χ2v) is 7.91.